The van der Waals surface area contributed by atoms with Crippen LogP contribution in [0, 0.1) is 26.7 Å². The third kappa shape index (κ3) is 3.29. The summed E-state index contributed by atoms with van der Waals surface area (Å²) in [6.45, 7) is 8.93. The Morgan fingerprint density at radius 3 is 2.78 bits per heavy atom. The molecule has 0 aliphatic carbocycles. The standard InChI is InChI=1S/C24H26N4O3S/c1-6-17(24(29)30-5)21-22-27-26-14(4)28(22)23-19(12(2)13(3)32-23)20(25-21)16-9-7-8-15(10-16)18-11-31-18/h7-10,17-18,21H,6,11H2,1-5H3. The molecule has 7 nitrogen and oxygen atoms in total. The fourth-order valence-electron chi connectivity index (χ4n) is 4.41. The molecule has 3 aromatic rings. The normalized spacial score (nSPS) is 20.1. The Hall–Kier alpha value is -2.84. The number of carbonyl (C=O) groups is 1. The van der Waals surface area contributed by atoms with Crippen LogP contribution in [0.2, 0.25) is 0 Å². The van der Waals surface area contributed by atoms with Gasteiger partial charge in [0.25, 0.3) is 0 Å². The van der Waals surface area contributed by atoms with Crippen molar-refractivity contribution >= 4 is 23.0 Å². The van der Waals surface area contributed by atoms with Crippen molar-refractivity contribution < 1.29 is 14.3 Å². The Bertz CT molecular complexity index is 1240. The fraction of sp³-hybridized carbons (Fsp3) is 0.417. The highest BCUT2D eigenvalue weighted by molar-refractivity contribution is 7.15. The van der Waals surface area contributed by atoms with E-state index in [1.54, 1.807) is 11.3 Å². The lowest BCUT2D eigenvalue weighted by Gasteiger charge is -2.20. The number of ether oxygens (including phenoxy) is 2. The predicted molar refractivity (Wildman–Crippen MR) is 123 cm³/mol. The van der Waals surface area contributed by atoms with Crippen molar-refractivity contribution in [2.75, 3.05) is 13.7 Å². The zero-order chi connectivity index (χ0) is 22.6. The zero-order valence-corrected chi connectivity index (χ0v) is 19.7. The van der Waals surface area contributed by atoms with E-state index in [1.807, 2.05) is 19.9 Å². The van der Waals surface area contributed by atoms with Gasteiger partial charge in [0.05, 0.1) is 25.3 Å². The molecule has 166 valence electrons. The molecule has 3 atom stereocenters. The number of aryl methyl sites for hydroxylation is 2. The molecule has 0 saturated carbocycles. The first-order chi connectivity index (χ1) is 15.4. The number of epoxide rings is 1. The van der Waals surface area contributed by atoms with E-state index in [0.717, 1.165) is 39.8 Å². The number of hydrogen-bond donors (Lipinski definition) is 0. The summed E-state index contributed by atoms with van der Waals surface area (Å²) < 4.78 is 12.7. The molecular weight excluding hydrogens is 424 g/mol. The Labute approximate surface area is 191 Å². The van der Waals surface area contributed by atoms with Crippen LogP contribution >= 0.6 is 11.3 Å². The van der Waals surface area contributed by atoms with Crippen LogP contribution in [0.25, 0.3) is 5.00 Å². The number of aliphatic imine (C=N–C) groups is 1. The molecule has 8 heteroatoms. The van der Waals surface area contributed by atoms with E-state index in [2.05, 4.69) is 46.8 Å². The van der Waals surface area contributed by atoms with Gasteiger partial charge in [0.1, 0.15) is 23.0 Å². The van der Waals surface area contributed by atoms with Crippen LogP contribution in [0.3, 0.4) is 0 Å². The average Bonchev–Trinajstić information content (AvgIpc) is 3.54. The van der Waals surface area contributed by atoms with Crippen molar-refractivity contribution in [1.82, 2.24) is 14.8 Å². The van der Waals surface area contributed by atoms with Gasteiger partial charge in [0.2, 0.25) is 0 Å². The molecule has 0 spiro atoms. The van der Waals surface area contributed by atoms with Gasteiger partial charge in [0.15, 0.2) is 5.82 Å². The largest absolute Gasteiger partial charge is 0.469 e. The van der Waals surface area contributed by atoms with Crippen molar-refractivity contribution in [3.63, 3.8) is 0 Å². The van der Waals surface area contributed by atoms with Crippen LogP contribution in [0.15, 0.2) is 29.3 Å². The van der Waals surface area contributed by atoms with Crippen molar-refractivity contribution in [1.29, 1.82) is 0 Å². The van der Waals surface area contributed by atoms with Crippen LogP contribution in [-0.2, 0) is 14.3 Å². The van der Waals surface area contributed by atoms with Crippen molar-refractivity contribution in [2.24, 2.45) is 10.9 Å². The fourth-order valence-corrected chi connectivity index (χ4v) is 5.63. The van der Waals surface area contributed by atoms with Gasteiger partial charge in [-0.25, -0.2) is 0 Å². The summed E-state index contributed by atoms with van der Waals surface area (Å²) in [4.78, 5) is 19.2. The quantitative estimate of drug-likeness (QED) is 0.425. The lowest BCUT2D eigenvalue weighted by atomic mass is 9.95. The number of esters is 1. The summed E-state index contributed by atoms with van der Waals surface area (Å²) in [6.07, 6.45) is 0.740. The minimum atomic E-state index is -0.496. The monoisotopic (exact) mass is 450 g/mol. The third-order valence-electron chi connectivity index (χ3n) is 6.38. The first kappa shape index (κ1) is 21.0. The number of fused-ring (bicyclic) bond motifs is 3. The second-order valence-electron chi connectivity index (χ2n) is 8.31. The SMILES string of the molecule is CCC(C(=O)OC)C1N=C(c2cccc(C3CO3)c2)c2c(sc(C)c2C)-n2c(C)nnc21. The summed E-state index contributed by atoms with van der Waals surface area (Å²) in [5.74, 6) is 0.719. The number of methoxy groups -OCH3 is 1. The van der Waals surface area contributed by atoms with E-state index < -0.39 is 12.0 Å². The number of thiophene rings is 1. The molecule has 2 aliphatic rings. The zero-order valence-electron chi connectivity index (χ0n) is 18.9. The van der Waals surface area contributed by atoms with Gasteiger partial charge in [0, 0.05) is 16.0 Å². The van der Waals surface area contributed by atoms with Gasteiger partial charge in [-0.15, -0.1) is 21.5 Å². The second kappa shape index (κ2) is 7.94. The summed E-state index contributed by atoms with van der Waals surface area (Å²) >= 11 is 1.71. The lowest BCUT2D eigenvalue weighted by Crippen LogP contribution is -2.24. The molecule has 0 radical (unpaired) electrons. The first-order valence-electron chi connectivity index (χ1n) is 10.8. The lowest BCUT2D eigenvalue weighted by molar-refractivity contribution is -0.146. The van der Waals surface area contributed by atoms with Crippen LogP contribution < -0.4 is 0 Å². The molecule has 0 N–H and O–H groups in total. The predicted octanol–water partition coefficient (Wildman–Crippen LogP) is 4.42. The Kier molecular flexibility index (Phi) is 5.22. The number of carbonyl (C=O) groups excluding carboxylic acids is 1. The van der Waals surface area contributed by atoms with E-state index in [-0.39, 0.29) is 12.1 Å². The number of aromatic nitrogens is 3. The summed E-state index contributed by atoms with van der Waals surface area (Å²) in [7, 11) is 1.42. The van der Waals surface area contributed by atoms with Crippen LogP contribution in [0.5, 0.6) is 0 Å². The van der Waals surface area contributed by atoms with Gasteiger partial charge < -0.3 is 9.47 Å². The molecule has 1 fully saturated rings. The summed E-state index contributed by atoms with van der Waals surface area (Å²) in [5, 5.41) is 9.89. The molecular formula is C24H26N4O3S. The van der Waals surface area contributed by atoms with E-state index in [1.165, 1.54) is 17.6 Å². The molecule has 4 heterocycles. The number of nitrogens with zero attached hydrogens (tertiary/aromatic N) is 4. The third-order valence-corrected chi connectivity index (χ3v) is 7.57. The van der Waals surface area contributed by atoms with Crippen LogP contribution in [-0.4, -0.2) is 40.2 Å². The molecule has 3 unspecified atom stereocenters. The van der Waals surface area contributed by atoms with Gasteiger partial charge in [-0.2, -0.15) is 0 Å². The van der Waals surface area contributed by atoms with E-state index in [0.29, 0.717) is 12.2 Å². The topological polar surface area (TPSA) is 81.9 Å². The summed E-state index contributed by atoms with van der Waals surface area (Å²) in [5.41, 5.74) is 5.30. The first-order valence-corrected chi connectivity index (χ1v) is 11.7. The molecule has 2 aliphatic heterocycles. The Balaban J connectivity index is 1.79. The Morgan fingerprint density at radius 1 is 1.31 bits per heavy atom. The molecule has 1 saturated heterocycles. The molecule has 2 aromatic heterocycles. The van der Waals surface area contributed by atoms with E-state index in [9.17, 15) is 4.79 Å². The van der Waals surface area contributed by atoms with Crippen molar-refractivity contribution in [3.8, 4) is 5.00 Å². The van der Waals surface area contributed by atoms with Crippen molar-refractivity contribution in [3.05, 3.63) is 63.0 Å². The van der Waals surface area contributed by atoms with Crippen molar-refractivity contribution in [2.45, 2.75) is 46.3 Å². The Morgan fingerprint density at radius 2 is 2.09 bits per heavy atom. The second-order valence-corrected chi connectivity index (χ2v) is 9.52. The molecule has 0 amide bonds. The van der Waals surface area contributed by atoms with Crippen LogP contribution in [0.1, 0.15) is 64.3 Å². The van der Waals surface area contributed by atoms with Gasteiger partial charge in [-0.1, -0.05) is 25.1 Å². The molecule has 1 aromatic carbocycles. The highest BCUT2D eigenvalue weighted by Crippen LogP contribution is 2.42. The van der Waals surface area contributed by atoms with E-state index >= 15 is 0 Å². The van der Waals surface area contributed by atoms with Gasteiger partial charge in [-0.3, -0.25) is 14.4 Å². The van der Waals surface area contributed by atoms with Gasteiger partial charge >= 0.3 is 5.97 Å². The average molecular weight is 451 g/mol. The maximum absolute atomic E-state index is 12.7. The number of benzene rings is 1. The summed E-state index contributed by atoms with van der Waals surface area (Å²) in [6, 6.07) is 7.87. The smallest absolute Gasteiger partial charge is 0.311 e. The molecule has 32 heavy (non-hydrogen) atoms. The van der Waals surface area contributed by atoms with Crippen LogP contribution in [0.4, 0.5) is 0 Å². The number of hydrogen-bond acceptors (Lipinski definition) is 7. The molecule has 0 bridgehead atoms. The minimum Gasteiger partial charge on any atom is -0.469 e. The highest BCUT2D eigenvalue weighted by atomic mass is 32.1. The van der Waals surface area contributed by atoms with E-state index in [4.69, 9.17) is 14.5 Å². The highest BCUT2D eigenvalue weighted by Gasteiger charge is 2.38. The minimum absolute atomic E-state index is 0.155. The number of rotatable bonds is 5. The molecule has 5 rings (SSSR count). The maximum Gasteiger partial charge on any atom is 0.311 e. The van der Waals surface area contributed by atoms with Gasteiger partial charge in [-0.05, 0) is 44.4 Å². The maximum atomic E-state index is 12.7.